The molecule has 4 aromatic rings. The predicted octanol–water partition coefficient (Wildman–Crippen LogP) is 3.77. The first-order valence-corrected chi connectivity index (χ1v) is 10.9. The van der Waals surface area contributed by atoms with Crippen molar-refractivity contribution in [1.29, 1.82) is 0 Å². The summed E-state index contributed by atoms with van der Waals surface area (Å²) in [6.07, 6.45) is 0. The average molecular weight is 429 g/mol. The number of benzene rings is 3. The maximum Gasteiger partial charge on any atom is 0.173 e. The van der Waals surface area contributed by atoms with Crippen molar-refractivity contribution in [2.24, 2.45) is 0 Å². The van der Waals surface area contributed by atoms with Gasteiger partial charge < -0.3 is 4.90 Å². The van der Waals surface area contributed by atoms with Crippen molar-refractivity contribution in [3.63, 3.8) is 0 Å². The molecule has 0 spiro atoms. The van der Waals surface area contributed by atoms with Gasteiger partial charge in [0.15, 0.2) is 5.82 Å². The highest BCUT2D eigenvalue weighted by atomic mass is 19.1. The largest absolute Gasteiger partial charge is 0.369 e. The van der Waals surface area contributed by atoms with Crippen molar-refractivity contribution in [3.8, 4) is 0 Å². The van der Waals surface area contributed by atoms with E-state index in [9.17, 15) is 4.39 Å². The van der Waals surface area contributed by atoms with E-state index in [-0.39, 0.29) is 11.9 Å². The zero-order valence-electron chi connectivity index (χ0n) is 17.8. The van der Waals surface area contributed by atoms with Gasteiger partial charge in [-0.2, -0.15) is 0 Å². The molecule has 162 valence electrons. The van der Waals surface area contributed by atoms with Gasteiger partial charge in [-0.05, 0) is 45.8 Å². The summed E-state index contributed by atoms with van der Waals surface area (Å²) in [7, 11) is 0. The van der Waals surface area contributed by atoms with Crippen LogP contribution in [0.1, 0.15) is 23.0 Å². The molecule has 0 radical (unpaired) electrons. The number of nitrogens with zero attached hydrogens (tertiary/aromatic N) is 6. The minimum atomic E-state index is -0.207. The zero-order chi connectivity index (χ0) is 21.8. The van der Waals surface area contributed by atoms with E-state index in [0.717, 1.165) is 43.3 Å². The van der Waals surface area contributed by atoms with Crippen LogP contribution in [-0.2, 0) is 6.54 Å². The predicted molar refractivity (Wildman–Crippen MR) is 122 cm³/mol. The monoisotopic (exact) mass is 428 g/mol. The molecule has 1 unspecified atom stereocenters. The van der Waals surface area contributed by atoms with E-state index in [1.165, 1.54) is 17.7 Å². The molecule has 5 rings (SSSR count). The second kappa shape index (κ2) is 9.28. The Bertz CT molecular complexity index is 1120. The fourth-order valence-electron chi connectivity index (χ4n) is 4.33. The second-order valence-electron chi connectivity index (χ2n) is 7.99. The summed E-state index contributed by atoms with van der Waals surface area (Å²) in [5.74, 6) is 0.636. The summed E-state index contributed by atoms with van der Waals surface area (Å²) in [5.41, 5.74) is 3.39. The molecule has 2 heterocycles. The summed E-state index contributed by atoms with van der Waals surface area (Å²) in [5, 5.41) is 12.8. The summed E-state index contributed by atoms with van der Waals surface area (Å²) in [6, 6.07) is 27.4. The number of hydrogen-bond acceptors (Lipinski definition) is 5. The Morgan fingerprint density at radius 2 is 1.44 bits per heavy atom. The molecule has 7 heteroatoms. The fraction of sp³-hybridized carbons (Fsp3) is 0.240. The quantitative estimate of drug-likeness (QED) is 0.468. The van der Waals surface area contributed by atoms with Gasteiger partial charge in [-0.25, -0.2) is 9.07 Å². The molecule has 0 bridgehead atoms. The summed E-state index contributed by atoms with van der Waals surface area (Å²) < 4.78 is 15.2. The number of aromatic nitrogens is 4. The average Bonchev–Trinajstić information content (AvgIpc) is 3.29. The lowest BCUT2D eigenvalue weighted by molar-refractivity contribution is 0.201. The van der Waals surface area contributed by atoms with Crippen LogP contribution in [-0.4, -0.2) is 51.3 Å². The van der Waals surface area contributed by atoms with E-state index in [4.69, 9.17) is 0 Å². The van der Waals surface area contributed by atoms with Crippen LogP contribution >= 0.6 is 0 Å². The Hall–Kier alpha value is -3.58. The number of tetrazole rings is 1. The first-order valence-electron chi connectivity index (χ1n) is 10.9. The van der Waals surface area contributed by atoms with Gasteiger partial charge in [0.2, 0.25) is 0 Å². The highest BCUT2D eigenvalue weighted by Crippen LogP contribution is 2.29. The minimum Gasteiger partial charge on any atom is -0.369 e. The van der Waals surface area contributed by atoms with Gasteiger partial charge in [-0.15, -0.1) is 5.10 Å². The molecule has 1 aliphatic heterocycles. The Labute approximate surface area is 186 Å². The van der Waals surface area contributed by atoms with Crippen LogP contribution in [0, 0.1) is 5.82 Å². The van der Waals surface area contributed by atoms with Crippen molar-refractivity contribution in [2.75, 3.05) is 31.1 Å². The number of anilines is 1. The molecule has 0 amide bonds. The van der Waals surface area contributed by atoms with Crippen molar-refractivity contribution < 1.29 is 4.39 Å². The molecule has 0 aliphatic carbocycles. The van der Waals surface area contributed by atoms with Gasteiger partial charge in [0.05, 0.1) is 12.6 Å². The van der Waals surface area contributed by atoms with E-state index < -0.39 is 0 Å². The number of rotatable bonds is 6. The maximum absolute atomic E-state index is 13.3. The molecule has 0 N–H and O–H groups in total. The second-order valence-corrected chi connectivity index (χ2v) is 7.99. The number of hydrogen-bond donors (Lipinski definition) is 0. The maximum atomic E-state index is 13.3. The SMILES string of the molecule is Fc1ccc(N2CCN(C(c3ccccc3)c3nnnn3Cc3ccccc3)CC2)cc1. The van der Waals surface area contributed by atoms with Crippen LogP contribution < -0.4 is 4.90 Å². The third kappa shape index (κ3) is 4.38. The summed E-state index contributed by atoms with van der Waals surface area (Å²) in [4.78, 5) is 4.73. The molecular formula is C25H25FN6. The molecule has 32 heavy (non-hydrogen) atoms. The fourth-order valence-corrected chi connectivity index (χ4v) is 4.33. The highest BCUT2D eigenvalue weighted by molar-refractivity contribution is 5.46. The standard InChI is InChI=1S/C25H25FN6/c26-22-11-13-23(14-12-22)30-15-17-31(18-16-30)24(21-9-5-2-6-10-21)25-27-28-29-32(25)19-20-7-3-1-4-8-20/h1-14,24H,15-19H2. The van der Waals surface area contributed by atoms with E-state index >= 15 is 0 Å². The number of piperazine rings is 1. The third-order valence-electron chi connectivity index (χ3n) is 5.97. The lowest BCUT2D eigenvalue weighted by atomic mass is 10.0. The van der Waals surface area contributed by atoms with Crippen LogP contribution in [0.15, 0.2) is 84.9 Å². The first-order chi connectivity index (χ1) is 15.8. The van der Waals surface area contributed by atoms with Crippen molar-refractivity contribution in [3.05, 3.63) is 108 Å². The van der Waals surface area contributed by atoms with Crippen molar-refractivity contribution >= 4 is 5.69 Å². The Balaban J connectivity index is 1.40. The van der Waals surface area contributed by atoms with Gasteiger partial charge in [-0.3, -0.25) is 4.90 Å². The van der Waals surface area contributed by atoms with Crippen LogP contribution in [0.3, 0.4) is 0 Å². The van der Waals surface area contributed by atoms with Crippen LogP contribution in [0.2, 0.25) is 0 Å². The van der Waals surface area contributed by atoms with Crippen molar-refractivity contribution in [1.82, 2.24) is 25.1 Å². The molecule has 1 fully saturated rings. The molecule has 3 aromatic carbocycles. The lowest BCUT2D eigenvalue weighted by Crippen LogP contribution is -2.48. The van der Waals surface area contributed by atoms with Gasteiger partial charge in [0, 0.05) is 31.9 Å². The molecule has 0 saturated carbocycles. The lowest BCUT2D eigenvalue weighted by Gasteiger charge is -2.39. The molecule has 1 aromatic heterocycles. The highest BCUT2D eigenvalue weighted by Gasteiger charge is 2.30. The van der Waals surface area contributed by atoms with Gasteiger partial charge >= 0.3 is 0 Å². The smallest absolute Gasteiger partial charge is 0.173 e. The normalized spacial score (nSPS) is 15.6. The van der Waals surface area contributed by atoms with E-state index in [2.05, 4.69) is 61.7 Å². The van der Waals surface area contributed by atoms with Gasteiger partial charge in [-0.1, -0.05) is 60.7 Å². The van der Waals surface area contributed by atoms with E-state index in [1.54, 1.807) is 0 Å². The molecule has 1 aliphatic rings. The van der Waals surface area contributed by atoms with Gasteiger partial charge in [0.25, 0.3) is 0 Å². The number of halogens is 1. The van der Waals surface area contributed by atoms with Crippen molar-refractivity contribution in [2.45, 2.75) is 12.6 Å². The third-order valence-corrected chi connectivity index (χ3v) is 5.97. The Morgan fingerprint density at radius 1 is 0.781 bits per heavy atom. The van der Waals surface area contributed by atoms with Crippen LogP contribution in [0.4, 0.5) is 10.1 Å². The topological polar surface area (TPSA) is 50.1 Å². The first kappa shape index (κ1) is 20.3. The van der Waals surface area contributed by atoms with Crippen LogP contribution in [0.25, 0.3) is 0 Å². The molecule has 1 atom stereocenters. The van der Waals surface area contributed by atoms with Gasteiger partial charge in [0.1, 0.15) is 5.82 Å². The molecular weight excluding hydrogens is 403 g/mol. The summed E-state index contributed by atoms with van der Waals surface area (Å²) >= 11 is 0. The van der Waals surface area contributed by atoms with E-state index in [1.807, 2.05) is 41.1 Å². The molecule has 6 nitrogen and oxygen atoms in total. The molecule has 1 saturated heterocycles. The minimum absolute atomic E-state index is 0.0368. The zero-order valence-corrected chi connectivity index (χ0v) is 17.8. The Kier molecular flexibility index (Phi) is 5.89. The van der Waals surface area contributed by atoms with E-state index in [0.29, 0.717) is 6.54 Å². The Morgan fingerprint density at radius 3 is 2.12 bits per heavy atom. The van der Waals surface area contributed by atoms with Crippen LogP contribution in [0.5, 0.6) is 0 Å². The summed E-state index contributed by atoms with van der Waals surface area (Å²) in [6.45, 7) is 4.05.